The molecule has 2 fully saturated rings. The Morgan fingerprint density at radius 1 is 0.781 bits per heavy atom. The Morgan fingerprint density at radius 2 is 1.41 bits per heavy atom. The van der Waals surface area contributed by atoms with E-state index in [9.17, 15) is 19.5 Å². The maximum atomic E-state index is 14.8. The van der Waals surface area contributed by atoms with Gasteiger partial charge in [0.2, 0.25) is 0 Å². The molecule has 7 rings (SSSR count). The van der Waals surface area contributed by atoms with Crippen LogP contribution >= 0.6 is 0 Å². The van der Waals surface area contributed by atoms with Gasteiger partial charge in [-0.2, -0.15) is 0 Å². The van der Waals surface area contributed by atoms with Gasteiger partial charge in [0.1, 0.15) is 18.1 Å². The second-order valence-electron chi connectivity index (χ2n) is 17.5. The number of methoxy groups -OCH3 is 3. The van der Waals surface area contributed by atoms with Crippen molar-refractivity contribution in [2.24, 2.45) is 11.8 Å². The molecule has 3 aliphatic rings. The molecule has 64 heavy (non-hydrogen) atoms. The van der Waals surface area contributed by atoms with Crippen LogP contribution in [0.5, 0.6) is 11.5 Å². The molecule has 4 aromatic carbocycles. The van der Waals surface area contributed by atoms with Crippen LogP contribution in [-0.4, -0.2) is 105 Å². The fourth-order valence-corrected chi connectivity index (χ4v) is 10.0. The molecule has 1 aliphatic heterocycles. The number of benzene rings is 4. The quantitative estimate of drug-likeness (QED) is 0.0705. The molecule has 2 aliphatic carbocycles. The van der Waals surface area contributed by atoms with E-state index in [1.807, 2.05) is 66.7 Å². The molecule has 12 nitrogen and oxygen atoms in total. The van der Waals surface area contributed by atoms with Crippen molar-refractivity contribution in [2.45, 2.75) is 95.0 Å². The van der Waals surface area contributed by atoms with Gasteiger partial charge in [-0.15, -0.1) is 0 Å². The van der Waals surface area contributed by atoms with Gasteiger partial charge in [-0.25, -0.2) is 4.79 Å². The molecule has 1 heterocycles. The van der Waals surface area contributed by atoms with Crippen LogP contribution in [0.25, 0.3) is 11.1 Å². The largest absolute Gasteiger partial charge is 0.497 e. The highest BCUT2D eigenvalue weighted by atomic mass is 16.6. The zero-order valence-corrected chi connectivity index (χ0v) is 37.8. The summed E-state index contributed by atoms with van der Waals surface area (Å²) in [5.74, 6) is -0.599. The SMILES string of the molecule is COCCCCOC(c1ccccc1)C1CCN(C(=O)C(=O)N[C@@H](C)[C@@H](O)C(C2CCCCC2)N(Cc2cc(OC)cc(OC)c2)C(=O)OCC2c3ccccc3-c3ccccc32)C1. The van der Waals surface area contributed by atoms with Gasteiger partial charge in [-0.1, -0.05) is 98.1 Å². The molecule has 3 amide bonds. The summed E-state index contributed by atoms with van der Waals surface area (Å²) >= 11 is 0. The zero-order chi connectivity index (χ0) is 45.0. The van der Waals surface area contributed by atoms with Crippen LogP contribution in [0.1, 0.15) is 92.6 Å². The first-order valence-electron chi connectivity index (χ1n) is 23.0. The number of fused-ring (bicyclic) bond motifs is 3. The maximum absolute atomic E-state index is 14.8. The van der Waals surface area contributed by atoms with E-state index in [1.54, 1.807) is 44.1 Å². The Labute approximate surface area is 378 Å². The number of carbonyl (C=O) groups is 3. The maximum Gasteiger partial charge on any atom is 0.410 e. The van der Waals surface area contributed by atoms with Gasteiger partial charge >= 0.3 is 17.9 Å². The van der Waals surface area contributed by atoms with Gasteiger partial charge in [0.25, 0.3) is 0 Å². The van der Waals surface area contributed by atoms with Crippen LogP contribution in [0, 0.1) is 11.8 Å². The first-order chi connectivity index (χ1) is 31.2. The number of hydrogen-bond acceptors (Lipinski definition) is 9. The summed E-state index contributed by atoms with van der Waals surface area (Å²) < 4.78 is 29.2. The molecule has 342 valence electrons. The van der Waals surface area contributed by atoms with E-state index < -0.39 is 36.1 Å². The molecule has 0 bridgehead atoms. The smallest absolute Gasteiger partial charge is 0.410 e. The number of carbonyl (C=O) groups excluding carboxylic acids is 3. The van der Waals surface area contributed by atoms with Crippen LogP contribution in [0.4, 0.5) is 4.79 Å². The normalized spacial score (nSPS) is 18.0. The van der Waals surface area contributed by atoms with Crippen molar-refractivity contribution < 1.29 is 43.2 Å². The van der Waals surface area contributed by atoms with Crippen LogP contribution < -0.4 is 14.8 Å². The summed E-state index contributed by atoms with van der Waals surface area (Å²) in [5.41, 5.74) is 6.19. The lowest BCUT2D eigenvalue weighted by molar-refractivity contribution is -0.146. The second-order valence-corrected chi connectivity index (χ2v) is 17.5. The van der Waals surface area contributed by atoms with Crippen LogP contribution in [-0.2, 0) is 30.3 Å². The molecule has 0 radical (unpaired) electrons. The minimum Gasteiger partial charge on any atom is -0.497 e. The van der Waals surface area contributed by atoms with Gasteiger partial charge in [-0.3, -0.25) is 14.5 Å². The second kappa shape index (κ2) is 22.5. The summed E-state index contributed by atoms with van der Waals surface area (Å²) in [4.78, 5) is 45.8. The summed E-state index contributed by atoms with van der Waals surface area (Å²) in [7, 11) is 4.84. The Morgan fingerprint density at radius 3 is 2.05 bits per heavy atom. The molecule has 12 heteroatoms. The first kappa shape index (κ1) is 46.6. The van der Waals surface area contributed by atoms with Crippen molar-refractivity contribution in [3.05, 3.63) is 119 Å². The predicted octanol–water partition coefficient (Wildman–Crippen LogP) is 8.30. The van der Waals surface area contributed by atoms with E-state index in [2.05, 4.69) is 29.6 Å². The molecule has 1 saturated carbocycles. The molecule has 1 saturated heterocycles. The van der Waals surface area contributed by atoms with E-state index in [4.69, 9.17) is 23.7 Å². The third-order valence-electron chi connectivity index (χ3n) is 13.4. The van der Waals surface area contributed by atoms with Crippen molar-refractivity contribution in [3.63, 3.8) is 0 Å². The lowest BCUT2D eigenvalue weighted by Gasteiger charge is -2.42. The average molecular weight is 876 g/mol. The Hall–Kier alpha value is -5.43. The lowest BCUT2D eigenvalue weighted by Crippen LogP contribution is -2.58. The van der Waals surface area contributed by atoms with E-state index in [0.717, 1.165) is 78.3 Å². The highest BCUT2D eigenvalue weighted by Gasteiger charge is 2.42. The van der Waals surface area contributed by atoms with Gasteiger partial charge < -0.3 is 39.0 Å². The van der Waals surface area contributed by atoms with E-state index >= 15 is 0 Å². The topological polar surface area (TPSA) is 136 Å². The third kappa shape index (κ3) is 11.1. The van der Waals surface area contributed by atoms with Crippen molar-refractivity contribution in [1.82, 2.24) is 15.1 Å². The monoisotopic (exact) mass is 875 g/mol. The number of aliphatic hydroxyl groups excluding tert-OH is 1. The van der Waals surface area contributed by atoms with Crippen molar-refractivity contribution in [1.29, 1.82) is 0 Å². The molecule has 2 N–H and O–H groups in total. The Balaban J connectivity index is 1.10. The number of unbranched alkanes of at least 4 members (excludes halogenated alkanes) is 1. The van der Waals surface area contributed by atoms with Gasteiger partial charge in [-0.05, 0) is 90.5 Å². The van der Waals surface area contributed by atoms with E-state index in [0.29, 0.717) is 44.2 Å². The summed E-state index contributed by atoms with van der Waals surface area (Å²) in [6.07, 6.45) is 4.87. The molecular weight excluding hydrogens is 811 g/mol. The first-order valence-corrected chi connectivity index (χ1v) is 23.0. The number of nitrogens with zero attached hydrogens (tertiary/aromatic N) is 2. The van der Waals surface area contributed by atoms with Crippen LogP contribution in [0.2, 0.25) is 0 Å². The number of rotatable bonds is 19. The van der Waals surface area contributed by atoms with Gasteiger partial charge in [0.05, 0.1) is 38.5 Å². The third-order valence-corrected chi connectivity index (χ3v) is 13.4. The molecule has 5 atom stereocenters. The van der Waals surface area contributed by atoms with Gasteiger partial charge in [0, 0.05) is 57.9 Å². The number of ether oxygens (including phenoxy) is 5. The Bertz CT molecular complexity index is 2090. The Kier molecular flexibility index (Phi) is 16.3. The molecule has 3 unspecified atom stereocenters. The van der Waals surface area contributed by atoms with E-state index in [-0.39, 0.29) is 37.0 Å². The molecule has 0 spiro atoms. The van der Waals surface area contributed by atoms with Crippen molar-refractivity contribution in [2.75, 3.05) is 54.2 Å². The molecule has 4 aromatic rings. The fraction of sp³-hybridized carbons (Fsp3) is 0.481. The van der Waals surface area contributed by atoms with Crippen LogP contribution in [0.3, 0.4) is 0 Å². The number of nitrogens with one attached hydrogen (secondary N) is 1. The number of hydrogen-bond donors (Lipinski definition) is 2. The predicted molar refractivity (Wildman–Crippen MR) is 245 cm³/mol. The number of aliphatic hydroxyl groups is 1. The summed E-state index contributed by atoms with van der Waals surface area (Å²) in [5, 5.41) is 15.3. The lowest BCUT2D eigenvalue weighted by atomic mass is 9.79. The minimum absolute atomic E-state index is 0.00117. The van der Waals surface area contributed by atoms with Crippen molar-refractivity contribution in [3.8, 4) is 22.6 Å². The highest BCUT2D eigenvalue weighted by Crippen LogP contribution is 2.45. The zero-order valence-electron chi connectivity index (χ0n) is 37.8. The van der Waals surface area contributed by atoms with Gasteiger partial charge in [0.15, 0.2) is 0 Å². The summed E-state index contributed by atoms with van der Waals surface area (Å²) in [6.45, 7) is 3.88. The fourth-order valence-electron chi connectivity index (χ4n) is 10.0. The number of amides is 3. The number of likely N-dealkylation sites (tertiary alicyclic amines) is 1. The minimum atomic E-state index is -1.24. The average Bonchev–Trinajstić information content (AvgIpc) is 3.95. The van der Waals surface area contributed by atoms with Crippen molar-refractivity contribution >= 4 is 17.9 Å². The standard InChI is InChI=1S/C52H65N3O9/c1-35(53-50(57)51(58)54-26-25-39(33-54)49(38-19-9-6-10-20-38)63-28-16-15-27-60-2)48(56)47(37-17-7-5-8-18-37)55(32-36-29-40(61-3)31-41(30-36)62-4)52(59)64-34-46-44-23-13-11-21-42(44)43-22-12-14-24-45(43)46/h6,9-14,19-24,29-31,35,37,39,46-49,56H,5,7-8,15-18,25-28,32-34H2,1-4H3,(H,53,57)/t35-,39?,47?,48+,49?/m0/s1. The highest BCUT2D eigenvalue weighted by molar-refractivity contribution is 6.35. The molecule has 0 aromatic heterocycles. The summed E-state index contributed by atoms with van der Waals surface area (Å²) in [6, 6.07) is 30.2. The van der Waals surface area contributed by atoms with E-state index in [1.165, 1.54) is 0 Å². The van der Waals surface area contributed by atoms with Crippen LogP contribution in [0.15, 0.2) is 97.1 Å². The molecular formula is C52H65N3O9.